The number of carbonyl (C=O) groups excluding carboxylic acids is 1. The number of hydrogen-bond donors (Lipinski definition) is 1. The van der Waals surface area contributed by atoms with Gasteiger partial charge in [0.2, 0.25) is 0 Å². The second-order valence-corrected chi connectivity index (χ2v) is 6.08. The standard InChI is InChI=1S/C18H20N4O/c1-11(2)22-17-8-6-14(10-16(17)20-21-22)18(23)19-15-7-5-12(3)13(4)9-15/h5-11H,1-4H3,(H,19,23). The highest BCUT2D eigenvalue weighted by Gasteiger charge is 2.12. The van der Waals surface area contributed by atoms with Crippen LogP contribution < -0.4 is 5.32 Å². The molecule has 1 amide bonds. The first kappa shape index (κ1) is 15.2. The van der Waals surface area contributed by atoms with Crippen molar-refractivity contribution >= 4 is 22.6 Å². The van der Waals surface area contributed by atoms with Gasteiger partial charge in [0.1, 0.15) is 5.52 Å². The fourth-order valence-corrected chi connectivity index (χ4v) is 2.49. The summed E-state index contributed by atoms with van der Waals surface area (Å²) in [5, 5.41) is 11.2. The van der Waals surface area contributed by atoms with Crippen LogP contribution in [0.15, 0.2) is 36.4 Å². The van der Waals surface area contributed by atoms with Crippen LogP contribution in [0.25, 0.3) is 11.0 Å². The molecule has 0 bridgehead atoms. The van der Waals surface area contributed by atoms with E-state index in [1.165, 1.54) is 5.56 Å². The lowest BCUT2D eigenvalue weighted by molar-refractivity contribution is 0.102. The molecule has 5 nitrogen and oxygen atoms in total. The summed E-state index contributed by atoms with van der Waals surface area (Å²) in [7, 11) is 0. The number of amides is 1. The van der Waals surface area contributed by atoms with Crippen molar-refractivity contribution < 1.29 is 4.79 Å². The lowest BCUT2D eigenvalue weighted by atomic mass is 10.1. The van der Waals surface area contributed by atoms with Crippen molar-refractivity contribution in [1.29, 1.82) is 0 Å². The van der Waals surface area contributed by atoms with E-state index in [0.717, 1.165) is 22.3 Å². The summed E-state index contributed by atoms with van der Waals surface area (Å²) in [6.07, 6.45) is 0. The molecule has 3 aromatic rings. The van der Waals surface area contributed by atoms with Gasteiger partial charge in [0.15, 0.2) is 0 Å². The minimum Gasteiger partial charge on any atom is -0.322 e. The quantitative estimate of drug-likeness (QED) is 0.798. The molecular formula is C18H20N4O. The Kier molecular flexibility index (Phi) is 3.86. The highest BCUT2D eigenvalue weighted by Crippen LogP contribution is 2.19. The molecular weight excluding hydrogens is 288 g/mol. The average Bonchev–Trinajstić information content (AvgIpc) is 2.94. The number of aryl methyl sites for hydroxylation is 2. The minimum atomic E-state index is -0.144. The molecule has 0 saturated heterocycles. The molecule has 0 saturated carbocycles. The molecule has 0 atom stereocenters. The zero-order valence-electron chi connectivity index (χ0n) is 13.8. The van der Waals surface area contributed by atoms with Gasteiger partial charge in [-0.2, -0.15) is 0 Å². The van der Waals surface area contributed by atoms with Gasteiger partial charge in [0, 0.05) is 17.3 Å². The lowest BCUT2D eigenvalue weighted by Gasteiger charge is -2.08. The number of rotatable bonds is 3. The zero-order valence-corrected chi connectivity index (χ0v) is 13.8. The molecule has 0 radical (unpaired) electrons. The maximum Gasteiger partial charge on any atom is 0.255 e. The number of nitrogens with zero attached hydrogens (tertiary/aromatic N) is 3. The topological polar surface area (TPSA) is 59.8 Å². The summed E-state index contributed by atoms with van der Waals surface area (Å²) in [5.74, 6) is -0.144. The fourth-order valence-electron chi connectivity index (χ4n) is 2.49. The van der Waals surface area contributed by atoms with Gasteiger partial charge in [-0.25, -0.2) is 4.68 Å². The SMILES string of the molecule is Cc1ccc(NC(=O)c2ccc3c(c2)nnn3C(C)C)cc1C. The number of aromatic nitrogens is 3. The van der Waals surface area contributed by atoms with E-state index in [1.807, 2.05) is 42.8 Å². The van der Waals surface area contributed by atoms with Crippen molar-refractivity contribution in [3.63, 3.8) is 0 Å². The summed E-state index contributed by atoms with van der Waals surface area (Å²) in [4.78, 5) is 12.4. The van der Waals surface area contributed by atoms with Gasteiger partial charge in [-0.1, -0.05) is 11.3 Å². The van der Waals surface area contributed by atoms with Crippen LogP contribution in [0.1, 0.15) is 41.4 Å². The third-order valence-corrected chi connectivity index (χ3v) is 3.99. The number of anilines is 1. The summed E-state index contributed by atoms with van der Waals surface area (Å²) >= 11 is 0. The van der Waals surface area contributed by atoms with Crippen LogP contribution in [-0.4, -0.2) is 20.9 Å². The summed E-state index contributed by atoms with van der Waals surface area (Å²) in [6, 6.07) is 11.6. The van der Waals surface area contributed by atoms with Crippen LogP contribution in [-0.2, 0) is 0 Å². The molecule has 118 valence electrons. The molecule has 0 aliphatic rings. The van der Waals surface area contributed by atoms with Gasteiger partial charge in [0.05, 0.1) is 5.52 Å². The number of nitrogens with one attached hydrogen (secondary N) is 1. The predicted octanol–water partition coefficient (Wildman–Crippen LogP) is 3.88. The summed E-state index contributed by atoms with van der Waals surface area (Å²) in [6.45, 7) is 8.18. The van der Waals surface area contributed by atoms with Crippen molar-refractivity contribution in [2.75, 3.05) is 5.32 Å². The van der Waals surface area contributed by atoms with Crippen LogP contribution in [0, 0.1) is 13.8 Å². The highest BCUT2D eigenvalue weighted by molar-refractivity contribution is 6.05. The van der Waals surface area contributed by atoms with Crippen molar-refractivity contribution in [3.05, 3.63) is 53.1 Å². The first-order chi connectivity index (χ1) is 11.0. The van der Waals surface area contributed by atoms with Gasteiger partial charge < -0.3 is 5.32 Å². The van der Waals surface area contributed by atoms with Crippen molar-refractivity contribution in [2.24, 2.45) is 0 Å². The van der Waals surface area contributed by atoms with E-state index >= 15 is 0 Å². The van der Waals surface area contributed by atoms with E-state index < -0.39 is 0 Å². The van der Waals surface area contributed by atoms with E-state index in [1.54, 1.807) is 12.1 Å². The Morgan fingerprint density at radius 2 is 1.87 bits per heavy atom. The van der Waals surface area contributed by atoms with E-state index in [2.05, 4.69) is 29.5 Å². The van der Waals surface area contributed by atoms with E-state index in [0.29, 0.717) is 5.56 Å². The molecule has 1 N–H and O–H groups in total. The first-order valence-corrected chi connectivity index (χ1v) is 7.69. The average molecular weight is 308 g/mol. The normalized spacial score (nSPS) is 11.2. The Morgan fingerprint density at radius 3 is 2.57 bits per heavy atom. The Bertz CT molecular complexity index is 880. The Balaban J connectivity index is 1.87. The van der Waals surface area contributed by atoms with Crippen LogP contribution >= 0.6 is 0 Å². The number of benzene rings is 2. The molecule has 1 aromatic heterocycles. The second-order valence-electron chi connectivity index (χ2n) is 6.08. The molecule has 23 heavy (non-hydrogen) atoms. The molecule has 0 unspecified atom stereocenters. The van der Waals surface area contributed by atoms with Crippen LogP contribution in [0.5, 0.6) is 0 Å². The van der Waals surface area contributed by atoms with E-state index in [9.17, 15) is 4.79 Å². The summed E-state index contributed by atoms with van der Waals surface area (Å²) in [5.41, 5.74) is 5.39. The smallest absolute Gasteiger partial charge is 0.255 e. The fraction of sp³-hybridized carbons (Fsp3) is 0.278. The molecule has 0 spiro atoms. The maximum atomic E-state index is 12.4. The molecule has 1 heterocycles. The first-order valence-electron chi connectivity index (χ1n) is 7.69. The third-order valence-electron chi connectivity index (χ3n) is 3.99. The Labute approximate surface area is 135 Å². The van der Waals surface area contributed by atoms with E-state index in [-0.39, 0.29) is 11.9 Å². The maximum absolute atomic E-state index is 12.4. The summed E-state index contributed by atoms with van der Waals surface area (Å²) < 4.78 is 1.85. The lowest BCUT2D eigenvalue weighted by Crippen LogP contribution is -2.12. The van der Waals surface area contributed by atoms with Gasteiger partial charge in [-0.05, 0) is 69.2 Å². The van der Waals surface area contributed by atoms with Crippen LogP contribution in [0.3, 0.4) is 0 Å². The number of carbonyl (C=O) groups is 1. The molecule has 0 aliphatic carbocycles. The van der Waals surface area contributed by atoms with Gasteiger partial charge in [-0.15, -0.1) is 5.10 Å². The molecule has 0 fully saturated rings. The Hall–Kier alpha value is -2.69. The van der Waals surface area contributed by atoms with Crippen LogP contribution in [0.4, 0.5) is 5.69 Å². The third kappa shape index (κ3) is 2.95. The van der Waals surface area contributed by atoms with Crippen LogP contribution in [0.2, 0.25) is 0 Å². The van der Waals surface area contributed by atoms with E-state index in [4.69, 9.17) is 0 Å². The molecule has 2 aromatic carbocycles. The largest absolute Gasteiger partial charge is 0.322 e. The van der Waals surface area contributed by atoms with Gasteiger partial charge in [0.25, 0.3) is 5.91 Å². The Morgan fingerprint density at radius 1 is 1.09 bits per heavy atom. The minimum absolute atomic E-state index is 0.144. The predicted molar refractivity (Wildman–Crippen MR) is 91.8 cm³/mol. The zero-order chi connectivity index (χ0) is 16.6. The molecule has 3 rings (SSSR count). The number of hydrogen-bond acceptors (Lipinski definition) is 3. The van der Waals surface area contributed by atoms with Gasteiger partial charge >= 0.3 is 0 Å². The van der Waals surface area contributed by atoms with Gasteiger partial charge in [-0.3, -0.25) is 4.79 Å². The highest BCUT2D eigenvalue weighted by atomic mass is 16.1. The number of fused-ring (bicyclic) bond motifs is 1. The molecule has 0 aliphatic heterocycles. The van der Waals surface area contributed by atoms with Crippen molar-refractivity contribution in [1.82, 2.24) is 15.0 Å². The van der Waals surface area contributed by atoms with Crippen molar-refractivity contribution in [3.8, 4) is 0 Å². The van der Waals surface area contributed by atoms with Crippen molar-refractivity contribution in [2.45, 2.75) is 33.7 Å². The molecule has 5 heteroatoms. The second kappa shape index (κ2) is 5.83. The monoisotopic (exact) mass is 308 g/mol.